The van der Waals surface area contributed by atoms with Gasteiger partial charge >= 0.3 is 11.9 Å². The van der Waals surface area contributed by atoms with E-state index in [-0.39, 0.29) is 0 Å². The van der Waals surface area contributed by atoms with Gasteiger partial charge in [-0.1, -0.05) is 5.21 Å². The number of hydrogen-bond donors (Lipinski definition) is 2. The van der Waals surface area contributed by atoms with Crippen LogP contribution in [-0.2, 0) is 0 Å². The van der Waals surface area contributed by atoms with Gasteiger partial charge in [0.05, 0.1) is 12.3 Å². The molecule has 8 nitrogen and oxygen atoms in total. The van der Waals surface area contributed by atoms with Crippen LogP contribution < -0.4 is 4.74 Å². The first-order valence-corrected chi connectivity index (χ1v) is 5.70. The number of carboxylic acid groups (broad SMARTS) is 2. The van der Waals surface area contributed by atoms with Crippen molar-refractivity contribution >= 4 is 11.9 Å². The van der Waals surface area contributed by atoms with Crippen LogP contribution in [0.4, 0.5) is 0 Å². The maximum Gasteiger partial charge on any atom is 0.359 e. The molecule has 2 rings (SSSR count). The normalized spacial score (nSPS) is 10.2. The van der Waals surface area contributed by atoms with E-state index in [1.807, 2.05) is 6.92 Å². The zero-order valence-corrected chi connectivity index (χ0v) is 10.5. The van der Waals surface area contributed by atoms with Gasteiger partial charge in [0.2, 0.25) is 5.69 Å². The number of rotatable bonds is 5. The molecule has 0 fully saturated rings. The van der Waals surface area contributed by atoms with Crippen molar-refractivity contribution < 1.29 is 24.5 Å². The third-order valence-corrected chi connectivity index (χ3v) is 2.47. The van der Waals surface area contributed by atoms with Gasteiger partial charge in [-0.3, -0.25) is 0 Å². The average Bonchev–Trinajstić information content (AvgIpc) is 2.85. The highest BCUT2D eigenvalue weighted by Crippen LogP contribution is 2.17. The lowest BCUT2D eigenvalue weighted by atomic mass is 10.2. The van der Waals surface area contributed by atoms with Gasteiger partial charge in [0.1, 0.15) is 5.75 Å². The van der Waals surface area contributed by atoms with Crippen molar-refractivity contribution in [3.8, 4) is 11.4 Å². The monoisotopic (exact) mass is 277 g/mol. The Kier molecular flexibility index (Phi) is 3.65. The van der Waals surface area contributed by atoms with Crippen LogP contribution in [0.3, 0.4) is 0 Å². The molecule has 1 heterocycles. The summed E-state index contributed by atoms with van der Waals surface area (Å²) in [5.74, 6) is -2.24. The Hall–Kier alpha value is -2.90. The molecule has 2 N–H and O–H groups in total. The van der Waals surface area contributed by atoms with Gasteiger partial charge in [-0.15, -0.1) is 5.10 Å². The molecule has 0 aliphatic heterocycles. The highest BCUT2D eigenvalue weighted by molar-refractivity contribution is 5.99. The molecule has 0 aliphatic carbocycles. The summed E-state index contributed by atoms with van der Waals surface area (Å²) >= 11 is 0. The molecule has 0 unspecified atom stereocenters. The fourth-order valence-corrected chi connectivity index (χ4v) is 1.65. The molecule has 1 aromatic carbocycles. The summed E-state index contributed by atoms with van der Waals surface area (Å²) in [5.41, 5.74) is -0.723. The molecule has 2 aromatic rings. The van der Waals surface area contributed by atoms with E-state index >= 15 is 0 Å². The Morgan fingerprint density at radius 2 is 1.85 bits per heavy atom. The third-order valence-electron chi connectivity index (χ3n) is 2.47. The van der Waals surface area contributed by atoms with E-state index in [9.17, 15) is 9.59 Å². The minimum absolute atomic E-state index is 0.380. The molecular weight excluding hydrogens is 266 g/mol. The molecule has 104 valence electrons. The fraction of sp³-hybridized carbons (Fsp3) is 0.167. The predicted molar refractivity (Wildman–Crippen MR) is 66.4 cm³/mol. The maximum absolute atomic E-state index is 11.2. The number of carbonyl (C=O) groups is 2. The lowest BCUT2D eigenvalue weighted by Gasteiger charge is -2.06. The zero-order chi connectivity index (χ0) is 14.7. The van der Waals surface area contributed by atoms with E-state index in [2.05, 4.69) is 10.3 Å². The van der Waals surface area contributed by atoms with Crippen LogP contribution >= 0.6 is 0 Å². The standard InChI is InChI=1S/C12H11N3O5/c1-2-20-8-5-3-7(4-6-8)15-10(12(18)19)9(11(16)17)13-14-15/h3-6H,2H2,1H3,(H,16,17)(H,18,19). The van der Waals surface area contributed by atoms with E-state index in [0.29, 0.717) is 18.0 Å². The first-order valence-electron chi connectivity index (χ1n) is 5.70. The van der Waals surface area contributed by atoms with Gasteiger partial charge < -0.3 is 14.9 Å². The van der Waals surface area contributed by atoms with Gasteiger partial charge in [0, 0.05) is 0 Å². The lowest BCUT2D eigenvalue weighted by Crippen LogP contribution is -2.12. The summed E-state index contributed by atoms with van der Waals surface area (Å²) in [5, 5.41) is 24.9. The summed E-state index contributed by atoms with van der Waals surface area (Å²) in [7, 11) is 0. The second-order valence-corrected chi connectivity index (χ2v) is 3.74. The lowest BCUT2D eigenvalue weighted by molar-refractivity contribution is 0.0642. The quantitative estimate of drug-likeness (QED) is 0.839. The molecule has 20 heavy (non-hydrogen) atoms. The third kappa shape index (κ3) is 2.44. The summed E-state index contributed by atoms with van der Waals surface area (Å²) in [4.78, 5) is 22.1. The minimum atomic E-state index is -1.44. The molecular formula is C12H11N3O5. The van der Waals surface area contributed by atoms with Gasteiger partial charge in [-0.25, -0.2) is 14.3 Å². The topological polar surface area (TPSA) is 115 Å². The zero-order valence-electron chi connectivity index (χ0n) is 10.5. The SMILES string of the molecule is CCOc1ccc(-n2nnc(C(=O)O)c2C(=O)O)cc1. The van der Waals surface area contributed by atoms with E-state index in [1.165, 1.54) is 0 Å². The highest BCUT2D eigenvalue weighted by atomic mass is 16.5. The summed E-state index contributed by atoms with van der Waals surface area (Å²) in [6.45, 7) is 2.35. The summed E-state index contributed by atoms with van der Waals surface area (Å²) < 4.78 is 6.22. The van der Waals surface area contributed by atoms with Crippen molar-refractivity contribution in [1.29, 1.82) is 0 Å². The molecule has 1 aromatic heterocycles. The highest BCUT2D eigenvalue weighted by Gasteiger charge is 2.25. The molecule has 8 heteroatoms. The largest absolute Gasteiger partial charge is 0.494 e. The van der Waals surface area contributed by atoms with Crippen molar-refractivity contribution in [3.05, 3.63) is 35.7 Å². The van der Waals surface area contributed by atoms with Crippen LogP contribution in [0.5, 0.6) is 5.75 Å². The Balaban J connectivity index is 2.47. The fourth-order valence-electron chi connectivity index (χ4n) is 1.65. The number of ether oxygens (including phenoxy) is 1. The maximum atomic E-state index is 11.2. The van der Waals surface area contributed by atoms with Crippen molar-refractivity contribution in [3.63, 3.8) is 0 Å². The number of carboxylic acids is 2. The molecule has 0 aliphatic rings. The number of nitrogens with zero attached hydrogens (tertiary/aromatic N) is 3. The average molecular weight is 277 g/mol. The second-order valence-electron chi connectivity index (χ2n) is 3.74. The van der Waals surface area contributed by atoms with Crippen LogP contribution in [0.2, 0.25) is 0 Å². The van der Waals surface area contributed by atoms with Crippen LogP contribution in [-0.4, -0.2) is 43.8 Å². The summed E-state index contributed by atoms with van der Waals surface area (Å²) in [6.07, 6.45) is 0. The van der Waals surface area contributed by atoms with Crippen molar-refractivity contribution in [2.45, 2.75) is 6.92 Å². The van der Waals surface area contributed by atoms with Crippen LogP contribution in [0, 0.1) is 0 Å². The number of aromatic carboxylic acids is 2. The van der Waals surface area contributed by atoms with Gasteiger partial charge in [0.15, 0.2) is 5.69 Å². The molecule has 0 amide bonds. The van der Waals surface area contributed by atoms with E-state index in [4.69, 9.17) is 14.9 Å². The van der Waals surface area contributed by atoms with Crippen molar-refractivity contribution in [1.82, 2.24) is 15.0 Å². The molecule has 0 saturated carbocycles. The van der Waals surface area contributed by atoms with E-state index < -0.39 is 23.3 Å². The van der Waals surface area contributed by atoms with Crippen molar-refractivity contribution in [2.75, 3.05) is 6.61 Å². The Labute approximate surface area is 113 Å². The Morgan fingerprint density at radius 3 is 2.35 bits per heavy atom. The van der Waals surface area contributed by atoms with Crippen LogP contribution in [0.15, 0.2) is 24.3 Å². The smallest absolute Gasteiger partial charge is 0.359 e. The molecule has 0 atom stereocenters. The molecule has 0 radical (unpaired) electrons. The van der Waals surface area contributed by atoms with Crippen molar-refractivity contribution in [2.24, 2.45) is 0 Å². The Morgan fingerprint density at radius 1 is 1.20 bits per heavy atom. The second kappa shape index (κ2) is 5.39. The van der Waals surface area contributed by atoms with Crippen LogP contribution in [0.1, 0.15) is 27.9 Å². The van der Waals surface area contributed by atoms with Gasteiger partial charge in [0.25, 0.3) is 0 Å². The predicted octanol–water partition coefficient (Wildman–Crippen LogP) is 1.06. The molecule has 0 saturated heterocycles. The minimum Gasteiger partial charge on any atom is -0.494 e. The van der Waals surface area contributed by atoms with Gasteiger partial charge in [-0.2, -0.15) is 0 Å². The number of benzene rings is 1. The summed E-state index contributed by atoms with van der Waals surface area (Å²) in [6, 6.07) is 6.40. The van der Waals surface area contributed by atoms with Gasteiger partial charge in [-0.05, 0) is 31.2 Å². The Bertz CT molecular complexity index is 648. The first kappa shape index (κ1) is 13.5. The van der Waals surface area contributed by atoms with E-state index in [1.54, 1.807) is 24.3 Å². The first-order chi connectivity index (χ1) is 9.54. The molecule has 0 bridgehead atoms. The number of hydrogen-bond acceptors (Lipinski definition) is 5. The number of aromatic nitrogens is 3. The van der Waals surface area contributed by atoms with Crippen LogP contribution in [0.25, 0.3) is 5.69 Å². The molecule has 0 spiro atoms. The van der Waals surface area contributed by atoms with E-state index in [0.717, 1.165) is 4.68 Å².